The summed E-state index contributed by atoms with van der Waals surface area (Å²) in [7, 11) is 3.26. The summed E-state index contributed by atoms with van der Waals surface area (Å²) in [6.07, 6.45) is 1.65. The van der Waals surface area contributed by atoms with Crippen molar-refractivity contribution in [3.8, 4) is 11.5 Å². The van der Waals surface area contributed by atoms with Gasteiger partial charge in [0.05, 0.1) is 20.4 Å². The maximum atomic E-state index is 12.2. The minimum Gasteiger partial charge on any atom is -0.497 e. The Kier molecular flexibility index (Phi) is 7.33. The molecule has 7 heteroatoms. The highest BCUT2D eigenvalue weighted by molar-refractivity contribution is 7.99. The van der Waals surface area contributed by atoms with Crippen LogP contribution in [0.1, 0.15) is 21.5 Å². The van der Waals surface area contributed by atoms with Gasteiger partial charge in [-0.2, -0.15) is 16.9 Å². The molecule has 1 amide bonds. The zero-order valence-corrected chi connectivity index (χ0v) is 17.0. The standard InChI is InChI=1S/C21H25N3O3S/c1-26-19-5-3-4-17(13-19)21(25)23-22-14-16-6-7-20(27-2)18(12-16)15-24-8-10-28-11-9-24/h3-7,12-14H,8-11,15H2,1-2H3,(H,23,25)/b22-14-. The predicted molar refractivity (Wildman–Crippen MR) is 114 cm³/mol. The van der Waals surface area contributed by atoms with Gasteiger partial charge in [-0.1, -0.05) is 6.07 Å². The Morgan fingerprint density at radius 1 is 1.18 bits per heavy atom. The number of nitrogens with zero attached hydrogens (tertiary/aromatic N) is 2. The van der Waals surface area contributed by atoms with Gasteiger partial charge in [0.25, 0.3) is 5.91 Å². The van der Waals surface area contributed by atoms with Gasteiger partial charge in [0.1, 0.15) is 11.5 Å². The quantitative estimate of drug-likeness (QED) is 0.573. The lowest BCUT2D eigenvalue weighted by atomic mass is 10.1. The van der Waals surface area contributed by atoms with Gasteiger partial charge < -0.3 is 9.47 Å². The molecular formula is C21H25N3O3S. The summed E-state index contributed by atoms with van der Waals surface area (Å²) in [5.41, 5.74) is 5.09. The molecule has 1 N–H and O–H groups in total. The van der Waals surface area contributed by atoms with Crippen molar-refractivity contribution < 1.29 is 14.3 Å². The van der Waals surface area contributed by atoms with E-state index in [-0.39, 0.29) is 5.91 Å². The van der Waals surface area contributed by atoms with E-state index in [0.717, 1.165) is 36.5 Å². The second-order valence-electron chi connectivity index (χ2n) is 6.39. The van der Waals surface area contributed by atoms with Crippen LogP contribution in [0.5, 0.6) is 11.5 Å². The first-order valence-corrected chi connectivity index (χ1v) is 10.3. The molecule has 0 atom stereocenters. The topological polar surface area (TPSA) is 63.2 Å². The van der Waals surface area contributed by atoms with Crippen LogP contribution in [0.4, 0.5) is 0 Å². The Bertz CT molecular complexity index is 835. The lowest BCUT2D eigenvalue weighted by Crippen LogP contribution is -2.32. The normalized spacial score (nSPS) is 14.8. The van der Waals surface area contributed by atoms with Gasteiger partial charge in [-0.3, -0.25) is 9.69 Å². The van der Waals surface area contributed by atoms with Crippen LogP contribution in [-0.2, 0) is 6.54 Å². The minimum absolute atomic E-state index is 0.283. The summed E-state index contributed by atoms with van der Waals surface area (Å²) in [5, 5.41) is 4.09. The zero-order valence-electron chi connectivity index (χ0n) is 16.2. The van der Waals surface area contributed by atoms with E-state index in [4.69, 9.17) is 9.47 Å². The van der Waals surface area contributed by atoms with Crippen molar-refractivity contribution in [3.05, 3.63) is 59.2 Å². The molecule has 3 rings (SSSR count). The van der Waals surface area contributed by atoms with E-state index in [1.165, 1.54) is 11.5 Å². The van der Waals surface area contributed by atoms with Crippen molar-refractivity contribution in [3.63, 3.8) is 0 Å². The molecule has 6 nitrogen and oxygen atoms in total. The molecule has 1 heterocycles. The third kappa shape index (κ3) is 5.50. The summed E-state index contributed by atoms with van der Waals surface area (Å²) < 4.78 is 10.6. The van der Waals surface area contributed by atoms with Crippen molar-refractivity contribution in [2.45, 2.75) is 6.54 Å². The molecule has 2 aromatic carbocycles. The van der Waals surface area contributed by atoms with Gasteiger partial charge in [0.2, 0.25) is 0 Å². The van der Waals surface area contributed by atoms with E-state index < -0.39 is 0 Å². The molecule has 0 aliphatic carbocycles. The van der Waals surface area contributed by atoms with E-state index in [2.05, 4.69) is 21.5 Å². The maximum absolute atomic E-state index is 12.2. The monoisotopic (exact) mass is 399 g/mol. The van der Waals surface area contributed by atoms with Crippen molar-refractivity contribution in [1.82, 2.24) is 10.3 Å². The van der Waals surface area contributed by atoms with Gasteiger partial charge in [-0.05, 0) is 42.0 Å². The number of nitrogens with one attached hydrogen (secondary N) is 1. The summed E-state index contributed by atoms with van der Waals surface area (Å²) in [4.78, 5) is 14.7. The Balaban J connectivity index is 1.65. The lowest BCUT2D eigenvalue weighted by molar-refractivity contribution is 0.0955. The van der Waals surface area contributed by atoms with Gasteiger partial charge in [-0.15, -0.1) is 0 Å². The molecule has 0 aromatic heterocycles. The van der Waals surface area contributed by atoms with Gasteiger partial charge in [-0.25, -0.2) is 5.43 Å². The zero-order chi connectivity index (χ0) is 19.8. The smallest absolute Gasteiger partial charge is 0.271 e. The van der Waals surface area contributed by atoms with Crippen LogP contribution in [-0.4, -0.2) is 55.8 Å². The number of methoxy groups -OCH3 is 2. The Morgan fingerprint density at radius 3 is 2.75 bits per heavy atom. The Morgan fingerprint density at radius 2 is 2.00 bits per heavy atom. The van der Waals surface area contributed by atoms with Gasteiger partial charge in [0, 0.05) is 42.3 Å². The summed E-state index contributed by atoms with van der Waals surface area (Å²) >= 11 is 1.99. The van der Waals surface area contributed by atoms with Crippen molar-refractivity contribution in [2.24, 2.45) is 5.10 Å². The molecule has 0 saturated carbocycles. The van der Waals surface area contributed by atoms with E-state index in [1.807, 2.05) is 23.9 Å². The molecule has 0 bridgehead atoms. The molecule has 1 aliphatic heterocycles. The van der Waals surface area contributed by atoms with Crippen LogP contribution < -0.4 is 14.9 Å². The van der Waals surface area contributed by atoms with Crippen molar-refractivity contribution in [2.75, 3.05) is 38.8 Å². The van der Waals surface area contributed by atoms with Crippen LogP contribution in [0.3, 0.4) is 0 Å². The summed E-state index contributed by atoms with van der Waals surface area (Å²) in [6.45, 7) is 3.02. The van der Waals surface area contributed by atoms with E-state index >= 15 is 0 Å². The van der Waals surface area contributed by atoms with Gasteiger partial charge in [0.15, 0.2) is 0 Å². The van der Waals surface area contributed by atoms with Crippen LogP contribution in [0.2, 0.25) is 0 Å². The molecular weight excluding hydrogens is 374 g/mol. The number of thioether (sulfide) groups is 1. The first kappa shape index (κ1) is 20.2. The fourth-order valence-electron chi connectivity index (χ4n) is 3.00. The van der Waals surface area contributed by atoms with E-state index in [0.29, 0.717) is 11.3 Å². The number of hydrogen-bond donors (Lipinski definition) is 1. The highest BCUT2D eigenvalue weighted by Crippen LogP contribution is 2.22. The van der Waals surface area contributed by atoms with Gasteiger partial charge >= 0.3 is 0 Å². The molecule has 0 unspecified atom stereocenters. The third-order valence-electron chi connectivity index (χ3n) is 4.51. The van der Waals surface area contributed by atoms with Crippen LogP contribution in [0.25, 0.3) is 0 Å². The molecule has 1 aliphatic rings. The number of ether oxygens (including phenoxy) is 2. The molecule has 0 radical (unpaired) electrons. The summed E-state index contributed by atoms with van der Waals surface area (Å²) in [6, 6.07) is 12.9. The third-order valence-corrected chi connectivity index (χ3v) is 5.46. The highest BCUT2D eigenvalue weighted by Gasteiger charge is 2.13. The van der Waals surface area contributed by atoms with Crippen LogP contribution >= 0.6 is 11.8 Å². The van der Waals surface area contributed by atoms with Crippen molar-refractivity contribution >= 4 is 23.9 Å². The second-order valence-corrected chi connectivity index (χ2v) is 7.62. The number of amides is 1. The molecule has 1 saturated heterocycles. The van der Waals surface area contributed by atoms with Crippen LogP contribution in [0, 0.1) is 0 Å². The van der Waals surface area contributed by atoms with E-state index in [1.54, 1.807) is 44.7 Å². The Hall–Kier alpha value is -2.51. The molecule has 148 valence electrons. The minimum atomic E-state index is -0.283. The molecule has 1 fully saturated rings. The first-order valence-electron chi connectivity index (χ1n) is 9.14. The number of carbonyl (C=O) groups excluding carboxylic acids is 1. The fraction of sp³-hybridized carbons (Fsp3) is 0.333. The van der Waals surface area contributed by atoms with E-state index in [9.17, 15) is 4.79 Å². The number of benzene rings is 2. The first-order chi connectivity index (χ1) is 13.7. The molecule has 0 spiro atoms. The number of hydrogen-bond acceptors (Lipinski definition) is 6. The molecule has 2 aromatic rings. The summed E-state index contributed by atoms with van der Waals surface area (Å²) in [5.74, 6) is 3.55. The average Bonchev–Trinajstić information content (AvgIpc) is 2.74. The highest BCUT2D eigenvalue weighted by atomic mass is 32.2. The average molecular weight is 400 g/mol. The SMILES string of the molecule is COc1cccc(C(=O)N/N=C\c2ccc(OC)c(CN3CCSCC3)c2)c1. The molecule has 28 heavy (non-hydrogen) atoms. The largest absolute Gasteiger partial charge is 0.497 e. The number of rotatable bonds is 7. The maximum Gasteiger partial charge on any atom is 0.271 e. The fourth-order valence-corrected chi connectivity index (χ4v) is 3.98. The predicted octanol–water partition coefficient (Wildman–Crippen LogP) is 3.02. The van der Waals surface area contributed by atoms with Crippen molar-refractivity contribution in [1.29, 1.82) is 0 Å². The number of hydrazone groups is 1. The lowest BCUT2D eigenvalue weighted by Gasteiger charge is -2.26. The van der Waals surface area contributed by atoms with Crippen LogP contribution in [0.15, 0.2) is 47.6 Å². The number of carbonyl (C=O) groups is 1. The Labute approximate surface area is 169 Å². The second kappa shape index (κ2) is 10.1.